The van der Waals surface area contributed by atoms with Crippen LogP contribution in [0.3, 0.4) is 0 Å². The van der Waals surface area contributed by atoms with Crippen LogP contribution in [0.5, 0.6) is 11.5 Å². The number of carbonyl (C=O) groups is 1. The van der Waals surface area contributed by atoms with E-state index in [-0.39, 0.29) is 12.6 Å². The fraction of sp³-hybridized carbons (Fsp3) is 0.562. The Hall–Kier alpha value is -1.55. The average molecular weight is 277 g/mol. The number of hydrogen-bond donors (Lipinski definition) is 0. The highest BCUT2D eigenvalue weighted by Gasteiger charge is 2.19. The van der Waals surface area contributed by atoms with Crippen LogP contribution in [0.15, 0.2) is 18.2 Å². The Labute approximate surface area is 120 Å². The molecule has 0 saturated carbocycles. The third-order valence-electron chi connectivity index (χ3n) is 3.26. The molecular formula is C16H23NO3. The van der Waals surface area contributed by atoms with Crippen LogP contribution in [0.4, 0.5) is 0 Å². The highest BCUT2D eigenvalue weighted by molar-refractivity contribution is 5.98. The van der Waals surface area contributed by atoms with Gasteiger partial charge in [0.25, 0.3) is 0 Å². The molecule has 0 spiro atoms. The van der Waals surface area contributed by atoms with Gasteiger partial charge in [-0.05, 0) is 44.1 Å². The molecule has 2 heterocycles. The summed E-state index contributed by atoms with van der Waals surface area (Å²) in [6.45, 7) is 7.09. The summed E-state index contributed by atoms with van der Waals surface area (Å²) < 4.78 is 10.5. The van der Waals surface area contributed by atoms with Gasteiger partial charge in [0.1, 0.15) is 0 Å². The first-order chi connectivity index (χ1) is 9.74. The van der Waals surface area contributed by atoms with Crippen molar-refractivity contribution in [1.29, 1.82) is 0 Å². The van der Waals surface area contributed by atoms with Gasteiger partial charge in [0, 0.05) is 5.56 Å². The Balaban J connectivity index is 0.000000452. The number of carbonyl (C=O) groups excluding carboxylic acids is 1. The van der Waals surface area contributed by atoms with Gasteiger partial charge in [-0.1, -0.05) is 20.3 Å². The number of likely N-dealkylation sites (tertiary alicyclic amines) is 1. The number of ether oxygens (including phenoxy) is 2. The lowest BCUT2D eigenvalue weighted by Crippen LogP contribution is -2.26. The van der Waals surface area contributed by atoms with E-state index in [1.165, 1.54) is 19.3 Å². The Kier molecular flexibility index (Phi) is 5.41. The third kappa shape index (κ3) is 3.73. The second-order valence-electron chi connectivity index (χ2n) is 5.18. The molecule has 4 nitrogen and oxygen atoms in total. The van der Waals surface area contributed by atoms with E-state index in [1.54, 1.807) is 12.1 Å². The van der Waals surface area contributed by atoms with Gasteiger partial charge in [-0.15, -0.1) is 0 Å². The number of nitrogens with zero attached hydrogens (tertiary/aromatic N) is 1. The first-order valence-electron chi connectivity index (χ1n) is 7.39. The molecule has 0 bridgehead atoms. The van der Waals surface area contributed by atoms with Crippen molar-refractivity contribution in [3.05, 3.63) is 23.8 Å². The zero-order valence-electron chi connectivity index (χ0n) is 12.4. The highest BCUT2D eigenvalue weighted by Crippen LogP contribution is 2.32. The number of benzene rings is 1. The summed E-state index contributed by atoms with van der Waals surface area (Å²) in [7, 11) is 0. The summed E-state index contributed by atoms with van der Waals surface area (Å²) in [5.74, 6) is 1.56. The molecule has 3 rings (SSSR count). The normalized spacial score (nSPS) is 16.7. The Morgan fingerprint density at radius 1 is 1.15 bits per heavy atom. The van der Waals surface area contributed by atoms with E-state index in [0.717, 1.165) is 18.8 Å². The molecule has 1 aromatic rings. The molecule has 1 saturated heterocycles. The lowest BCUT2D eigenvalue weighted by atomic mass is 10.1. The highest BCUT2D eigenvalue weighted by atomic mass is 16.7. The van der Waals surface area contributed by atoms with E-state index in [9.17, 15) is 4.79 Å². The maximum atomic E-state index is 12.1. The van der Waals surface area contributed by atoms with E-state index < -0.39 is 0 Å². The number of hydrogen-bond acceptors (Lipinski definition) is 4. The minimum Gasteiger partial charge on any atom is -0.454 e. The Bertz CT molecular complexity index is 453. The molecule has 0 aliphatic carbocycles. The van der Waals surface area contributed by atoms with Crippen molar-refractivity contribution in [2.24, 2.45) is 0 Å². The first-order valence-corrected chi connectivity index (χ1v) is 7.39. The van der Waals surface area contributed by atoms with E-state index in [0.29, 0.717) is 17.9 Å². The van der Waals surface area contributed by atoms with Crippen molar-refractivity contribution in [2.45, 2.75) is 33.1 Å². The number of ketones is 1. The van der Waals surface area contributed by atoms with Crippen molar-refractivity contribution in [3.8, 4) is 11.5 Å². The van der Waals surface area contributed by atoms with Gasteiger partial charge < -0.3 is 9.47 Å². The summed E-state index contributed by atoms with van der Waals surface area (Å²) in [4.78, 5) is 14.3. The zero-order valence-corrected chi connectivity index (χ0v) is 12.4. The van der Waals surface area contributed by atoms with Crippen molar-refractivity contribution >= 4 is 5.78 Å². The summed E-state index contributed by atoms with van der Waals surface area (Å²) in [6.07, 6.45) is 3.66. The molecule has 2 aliphatic rings. The van der Waals surface area contributed by atoms with Crippen LogP contribution in [0.25, 0.3) is 0 Å². The predicted octanol–water partition coefficient (Wildman–Crippen LogP) is 3.11. The molecule has 0 aromatic heterocycles. The topological polar surface area (TPSA) is 38.8 Å². The molecule has 20 heavy (non-hydrogen) atoms. The summed E-state index contributed by atoms with van der Waals surface area (Å²) in [5.41, 5.74) is 0.709. The van der Waals surface area contributed by atoms with Gasteiger partial charge in [0.15, 0.2) is 17.3 Å². The van der Waals surface area contributed by atoms with Gasteiger partial charge >= 0.3 is 0 Å². The van der Waals surface area contributed by atoms with Crippen LogP contribution >= 0.6 is 0 Å². The standard InChI is InChI=1S/C13H15NO3.C3H8/c15-11(8-14-5-1-2-6-14)10-3-4-12-13(7-10)17-9-16-12;1-3-2/h3-4,7H,1-2,5-6,8-9H2;3H2,1-2H3. The predicted molar refractivity (Wildman–Crippen MR) is 78.5 cm³/mol. The van der Waals surface area contributed by atoms with E-state index in [4.69, 9.17) is 9.47 Å². The maximum absolute atomic E-state index is 12.1. The van der Waals surface area contributed by atoms with Crippen LogP contribution in [0, 0.1) is 0 Å². The van der Waals surface area contributed by atoms with Crippen LogP contribution in [-0.4, -0.2) is 37.1 Å². The third-order valence-corrected chi connectivity index (χ3v) is 3.26. The van der Waals surface area contributed by atoms with E-state index in [2.05, 4.69) is 18.7 Å². The molecule has 110 valence electrons. The molecule has 0 atom stereocenters. The summed E-state index contributed by atoms with van der Waals surface area (Å²) in [6, 6.07) is 5.40. The largest absolute Gasteiger partial charge is 0.454 e. The van der Waals surface area contributed by atoms with Crippen LogP contribution in [0.1, 0.15) is 43.5 Å². The lowest BCUT2D eigenvalue weighted by Gasteiger charge is -2.13. The van der Waals surface area contributed by atoms with Gasteiger partial charge in [-0.2, -0.15) is 0 Å². The Morgan fingerprint density at radius 3 is 2.50 bits per heavy atom. The van der Waals surface area contributed by atoms with Crippen molar-refractivity contribution in [1.82, 2.24) is 4.90 Å². The zero-order chi connectivity index (χ0) is 14.4. The summed E-state index contributed by atoms with van der Waals surface area (Å²) >= 11 is 0. The molecule has 4 heteroatoms. The molecule has 0 radical (unpaired) electrons. The smallest absolute Gasteiger partial charge is 0.231 e. The van der Waals surface area contributed by atoms with Crippen molar-refractivity contribution in [2.75, 3.05) is 26.4 Å². The monoisotopic (exact) mass is 277 g/mol. The van der Waals surface area contributed by atoms with E-state index in [1.807, 2.05) is 6.07 Å². The molecule has 0 amide bonds. The van der Waals surface area contributed by atoms with Crippen molar-refractivity contribution < 1.29 is 14.3 Å². The van der Waals surface area contributed by atoms with E-state index >= 15 is 0 Å². The molecule has 1 aromatic carbocycles. The second-order valence-corrected chi connectivity index (χ2v) is 5.18. The SMILES string of the molecule is CCC.O=C(CN1CCCC1)c1ccc2c(c1)OCO2. The number of rotatable bonds is 3. The summed E-state index contributed by atoms with van der Waals surface area (Å²) in [5, 5.41) is 0. The van der Waals surface area contributed by atoms with Gasteiger partial charge in [-0.25, -0.2) is 0 Å². The lowest BCUT2D eigenvalue weighted by molar-refractivity contribution is 0.0945. The fourth-order valence-corrected chi connectivity index (χ4v) is 2.31. The number of Topliss-reactive ketones (excluding diaryl/α,β-unsaturated/α-hetero) is 1. The minimum atomic E-state index is 0.158. The average Bonchev–Trinajstić information content (AvgIpc) is 3.09. The number of fused-ring (bicyclic) bond motifs is 1. The molecule has 0 N–H and O–H groups in total. The first kappa shape index (κ1) is 14.9. The molecule has 2 aliphatic heterocycles. The molecule has 0 unspecified atom stereocenters. The van der Waals surface area contributed by atoms with Gasteiger partial charge in [0.2, 0.25) is 6.79 Å². The second kappa shape index (κ2) is 7.29. The van der Waals surface area contributed by atoms with Crippen LogP contribution in [-0.2, 0) is 0 Å². The van der Waals surface area contributed by atoms with Crippen molar-refractivity contribution in [3.63, 3.8) is 0 Å². The van der Waals surface area contributed by atoms with Gasteiger partial charge in [0.05, 0.1) is 6.54 Å². The van der Waals surface area contributed by atoms with Crippen LogP contribution in [0.2, 0.25) is 0 Å². The maximum Gasteiger partial charge on any atom is 0.231 e. The molecular weight excluding hydrogens is 254 g/mol. The quantitative estimate of drug-likeness (QED) is 0.796. The Morgan fingerprint density at radius 2 is 1.80 bits per heavy atom. The van der Waals surface area contributed by atoms with Gasteiger partial charge in [-0.3, -0.25) is 9.69 Å². The fourth-order valence-electron chi connectivity index (χ4n) is 2.31. The molecule has 1 fully saturated rings. The van der Waals surface area contributed by atoms with Crippen LogP contribution < -0.4 is 9.47 Å². The minimum absolute atomic E-state index is 0.158.